The molecule has 0 radical (unpaired) electrons. The second kappa shape index (κ2) is 6.77. The molecule has 1 aromatic rings. The van der Waals surface area contributed by atoms with Gasteiger partial charge in [-0.2, -0.15) is 11.3 Å². The van der Waals surface area contributed by atoms with Crippen LogP contribution >= 0.6 is 11.3 Å². The first-order valence-corrected chi connectivity index (χ1v) is 6.44. The summed E-state index contributed by atoms with van der Waals surface area (Å²) in [6, 6.07) is 1.82. The molecule has 0 amide bonds. The lowest BCUT2D eigenvalue weighted by atomic mass is 10.0. The lowest BCUT2D eigenvalue weighted by molar-refractivity contribution is -0.130. The van der Waals surface area contributed by atoms with Crippen molar-refractivity contribution in [2.75, 3.05) is 0 Å². The molecule has 18 heavy (non-hydrogen) atoms. The summed E-state index contributed by atoms with van der Waals surface area (Å²) in [7, 11) is 0. The molecule has 0 aliphatic rings. The minimum Gasteiger partial charge on any atom is -0.478 e. The van der Waals surface area contributed by atoms with Crippen LogP contribution in [0.15, 0.2) is 58.9 Å². The highest BCUT2D eigenvalue weighted by molar-refractivity contribution is 7.08. The van der Waals surface area contributed by atoms with Gasteiger partial charge >= 0.3 is 5.97 Å². The first kappa shape index (κ1) is 14.2. The van der Waals surface area contributed by atoms with E-state index < -0.39 is 5.97 Å². The topological polar surface area (TPSA) is 37.3 Å². The Morgan fingerprint density at radius 3 is 2.67 bits per heavy atom. The molecule has 0 atom stereocenters. The van der Waals surface area contributed by atoms with Crippen LogP contribution < -0.4 is 0 Å². The largest absolute Gasteiger partial charge is 0.478 e. The molecule has 0 aliphatic heterocycles. The van der Waals surface area contributed by atoms with Gasteiger partial charge in [-0.05, 0) is 41.8 Å². The minimum atomic E-state index is -0.903. The number of hydrogen-bond donors (Lipinski definition) is 1. The molecule has 0 aromatic carbocycles. The van der Waals surface area contributed by atoms with Crippen LogP contribution in [0.5, 0.6) is 0 Å². The summed E-state index contributed by atoms with van der Waals surface area (Å²) in [6.45, 7) is 7.39. The van der Waals surface area contributed by atoms with Crippen molar-refractivity contribution in [3.63, 3.8) is 0 Å². The Labute approximate surface area is 111 Å². The maximum atomic E-state index is 11.3. The van der Waals surface area contributed by atoms with E-state index in [0.717, 1.165) is 16.7 Å². The Balaban J connectivity index is 3.07. The molecule has 1 aromatic heterocycles. The molecule has 3 heteroatoms. The Morgan fingerprint density at radius 2 is 2.17 bits per heavy atom. The molecule has 0 saturated heterocycles. The number of carboxylic acid groups (broad SMARTS) is 1. The lowest BCUT2D eigenvalue weighted by Gasteiger charge is -2.02. The van der Waals surface area contributed by atoms with E-state index in [9.17, 15) is 9.90 Å². The van der Waals surface area contributed by atoms with E-state index in [2.05, 4.69) is 6.58 Å². The molecule has 1 rings (SSSR count). The molecule has 1 heterocycles. The fourth-order valence-electron chi connectivity index (χ4n) is 1.42. The van der Waals surface area contributed by atoms with Gasteiger partial charge < -0.3 is 5.11 Å². The van der Waals surface area contributed by atoms with Crippen LogP contribution in [0.4, 0.5) is 0 Å². The van der Waals surface area contributed by atoms with Crippen molar-refractivity contribution in [2.45, 2.75) is 13.8 Å². The number of rotatable bonds is 5. The van der Waals surface area contributed by atoms with Crippen LogP contribution in [-0.4, -0.2) is 11.1 Å². The van der Waals surface area contributed by atoms with Crippen molar-refractivity contribution in [1.29, 1.82) is 0 Å². The third-order valence-electron chi connectivity index (χ3n) is 2.45. The summed E-state index contributed by atoms with van der Waals surface area (Å²) >= 11 is 1.49. The zero-order chi connectivity index (χ0) is 13.5. The second-order valence-corrected chi connectivity index (χ2v) is 4.63. The van der Waals surface area contributed by atoms with E-state index in [-0.39, 0.29) is 0 Å². The monoisotopic (exact) mass is 260 g/mol. The van der Waals surface area contributed by atoms with Gasteiger partial charge in [-0.1, -0.05) is 36.5 Å². The normalized spacial score (nSPS) is 13.6. The molecular formula is C15H16O2S. The lowest BCUT2D eigenvalue weighted by Crippen LogP contribution is -2.00. The third-order valence-corrected chi connectivity index (χ3v) is 3.13. The summed E-state index contributed by atoms with van der Waals surface area (Å²) in [5.74, 6) is -0.903. The van der Waals surface area contributed by atoms with E-state index in [1.165, 1.54) is 11.3 Å². The molecular weight excluding hydrogens is 244 g/mol. The van der Waals surface area contributed by atoms with Gasteiger partial charge in [0, 0.05) is 0 Å². The molecule has 0 aliphatic carbocycles. The predicted octanol–water partition coefficient (Wildman–Crippen LogP) is 4.29. The molecule has 0 spiro atoms. The molecule has 2 nitrogen and oxygen atoms in total. The zero-order valence-electron chi connectivity index (χ0n) is 10.5. The molecule has 0 bridgehead atoms. The Hall–Kier alpha value is -1.87. The average molecular weight is 260 g/mol. The predicted molar refractivity (Wildman–Crippen MR) is 77.6 cm³/mol. The number of allylic oxidation sites excluding steroid dienone is 6. The highest BCUT2D eigenvalue weighted by atomic mass is 32.1. The summed E-state index contributed by atoms with van der Waals surface area (Å²) in [4.78, 5) is 11.3. The van der Waals surface area contributed by atoms with E-state index in [0.29, 0.717) is 5.57 Å². The average Bonchev–Trinajstić information content (AvgIpc) is 2.82. The number of thiophene rings is 1. The van der Waals surface area contributed by atoms with Crippen LogP contribution in [0.2, 0.25) is 0 Å². The highest BCUT2D eigenvalue weighted by Crippen LogP contribution is 2.22. The molecule has 0 unspecified atom stereocenters. The first-order valence-electron chi connectivity index (χ1n) is 5.50. The number of hydrogen-bond acceptors (Lipinski definition) is 2. The van der Waals surface area contributed by atoms with Gasteiger partial charge in [0.05, 0.1) is 5.57 Å². The van der Waals surface area contributed by atoms with Gasteiger partial charge in [0.25, 0.3) is 0 Å². The van der Waals surface area contributed by atoms with E-state index in [4.69, 9.17) is 0 Å². The van der Waals surface area contributed by atoms with Crippen LogP contribution in [0.1, 0.15) is 19.4 Å². The SMILES string of the molecule is C=CC(C)=CC=CC(C)=C(C(=O)O)c1ccsc1. The van der Waals surface area contributed by atoms with Crippen LogP contribution in [-0.2, 0) is 4.79 Å². The van der Waals surface area contributed by atoms with Crippen molar-refractivity contribution in [3.05, 3.63) is 64.4 Å². The summed E-state index contributed by atoms with van der Waals surface area (Å²) in [5, 5.41) is 13.0. The van der Waals surface area contributed by atoms with Crippen LogP contribution in [0, 0.1) is 0 Å². The maximum absolute atomic E-state index is 11.3. The minimum absolute atomic E-state index is 0.345. The van der Waals surface area contributed by atoms with Crippen molar-refractivity contribution in [3.8, 4) is 0 Å². The van der Waals surface area contributed by atoms with Crippen molar-refractivity contribution >= 4 is 22.9 Å². The van der Waals surface area contributed by atoms with Gasteiger partial charge in [0.1, 0.15) is 0 Å². The molecule has 1 N–H and O–H groups in total. The summed E-state index contributed by atoms with van der Waals surface area (Å²) < 4.78 is 0. The Bertz CT molecular complexity index is 517. The molecule has 0 saturated carbocycles. The molecule has 0 fully saturated rings. The Morgan fingerprint density at radius 1 is 1.44 bits per heavy atom. The quantitative estimate of drug-likeness (QED) is 0.633. The van der Waals surface area contributed by atoms with Crippen molar-refractivity contribution in [2.24, 2.45) is 0 Å². The fraction of sp³-hybridized carbons (Fsp3) is 0.133. The Kier molecular flexibility index (Phi) is 5.33. The summed E-state index contributed by atoms with van der Waals surface area (Å²) in [6.07, 6.45) is 7.28. The standard InChI is InChI=1S/C15H16O2S/c1-4-11(2)6-5-7-12(3)14(15(16)17)13-8-9-18-10-13/h4-10H,1H2,2-3H3,(H,16,17). The second-order valence-electron chi connectivity index (χ2n) is 3.85. The van der Waals surface area contributed by atoms with Gasteiger partial charge in [-0.3, -0.25) is 0 Å². The number of carboxylic acids is 1. The number of aliphatic carboxylic acids is 1. The highest BCUT2D eigenvalue weighted by Gasteiger charge is 2.12. The molecule has 94 valence electrons. The van der Waals surface area contributed by atoms with Gasteiger partial charge in [-0.25, -0.2) is 4.79 Å². The smallest absolute Gasteiger partial charge is 0.336 e. The first-order chi connectivity index (χ1) is 8.56. The van der Waals surface area contributed by atoms with Crippen molar-refractivity contribution in [1.82, 2.24) is 0 Å². The van der Waals surface area contributed by atoms with Crippen LogP contribution in [0.25, 0.3) is 5.57 Å². The third kappa shape index (κ3) is 3.86. The number of carbonyl (C=O) groups is 1. The van der Waals surface area contributed by atoms with Crippen LogP contribution in [0.3, 0.4) is 0 Å². The van der Waals surface area contributed by atoms with E-state index in [1.807, 2.05) is 35.9 Å². The van der Waals surface area contributed by atoms with E-state index >= 15 is 0 Å². The maximum Gasteiger partial charge on any atom is 0.336 e. The van der Waals surface area contributed by atoms with E-state index in [1.54, 1.807) is 19.1 Å². The summed E-state index contributed by atoms with van der Waals surface area (Å²) in [5.41, 5.74) is 2.86. The van der Waals surface area contributed by atoms with Gasteiger partial charge in [0.15, 0.2) is 0 Å². The van der Waals surface area contributed by atoms with Gasteiger partial charge in [0.2, 0.25) is 0 Å². The zero-order valence-corrected chi connectivity index (χ0v) is 11.3. The van der Waals surface area contributed by atoms with Gasteiger partial charge in [-0.15, -0.1) is 0 Å². The van der Waals surface area contributed by atoms with Crippen molar-refractivity contribution < 1.29 is 9.90 Å². The fourth-order valence-corrected chi connectivity index (χ4v) is 2.07.